The van der Waals surface area contributed by atoms with Gasteiger partial charge in [0.2, 0.25) is 0 Å². The molecule has 2 aromatic rings. The fourth-order valence-electron chi connectivity index (χ4n) is 3.13. The number of allylic oxidation sites excluding steroid dienone is 3. The van der Waals surface area contributed by atoms with Gasteiger partial charge < -0.3 is 4.74 Å². The van der Waals surface area contributed by atoms with Crippen LogP contribution in [0.5, 0.6) is 0 Å². The lowest BCUT2D eigenvalue weighted by Crippen LogP contribution is -2.50. The number of aromatic nitrogens is 3. The van der Waals surface area contributed by atoms with Crippen molar-refractivity contribution in [3.05, 3.63) is 59.3 Å². The van der Waals surface area contributed by atoms with Crippen molar-refractivity contribution in [3.8, 4) is 5.69 Å². The number of halogens is 2. The number of ether oxygens (including phenoxy) is 1. The van der Waals surface area contributed by atoms with Crippen molar-refractivity contribution in [3.63, 3.8) is 0 Å². The normalized spacial score (nSPS) is 20.6. The largest absolute Gasteiger partial charge is 0.466 e. The molecule has 2 N–H and O–H groups in total. The van der Waals surface area contributed by atoms with E-state index in [4.69, 9.17) is 0 Å². The molecule has 0 amide bonds. The Morgan fingerprint density at radius 1 is 1.39 bits per heavy atom. The third-order valence-electron chi connectivity index (χ3n) is 4.97. The summed E-state index contributed by atoms with van der Waals surface area (Å²) in [5.41, 5.74) is -1.81. The molecule has 3 rings (SSSR count). The lowest BCUT2D eigenvalue weighted by atomic mass is 9.89. The summed E-state index contributed by atoms with van der Waals surface area (Å²) in [4.78, 5) is 11.6. The van der Waals surface area contributed by atoms with E-state index < -0.39 is 44.7 Å². The maximum Gasteiger partial charge on any atom is 0.336 e. The number of nitrogens with zero attached hydrogens (tertiary/aromatic N) is 3. The Morgan fingerprint density at radius 3 is 2.58 bits per heavy atom. The fraction of sp³-hybridized carbons (Fsp3) is 0.350. The summed E-state index contributed by atoms with van der Waals surface area (Å²) in [6, 6.07) is 5.93. The molecule has 11 heteroatoms. The van der Waals surface area contributed by atoms with E-state index >= 15 is 4.39 Å². The standard InChI is InChI=1S/C20H24F2N4O4S/c1-5-13-12-26(25-23-13)14-6-8-15(9-7-14)31(4,28,29)24-18-10-17(21)16(19(27)30-3)11-20(18,2)22/h6-10,12H,5,11H2,1-4H3,(H2,24,28,29). The average Bonchev–Trinajstić information content (AvgIpc) is 3.19. The third kappa shape index (κ3) is 4.57. The lowest BCUT2D eigenvalue weighted by molar-refractivity contribution is -0.136. The van der Waals surface area contributed by atoms with Crippen LogP contribution in [0.15, 0.2) is 58.5 Å². The Morgan fingerprint density at radius 2 is 2.03 bits per heavy atom. The minimum absolute atomic E-state index is 0.0311. The first kappa shape index (κ1) is 22.8. The summed E-state index contributed by atoms with van der Waals surface area (Å²) in [5, 5.41) is 7.99. The molecule has 0 saturated carbocycles. The van der Waals surface area contributed by atoms with Gasteiger partial charge in [0.05, 0.1) is 40.9 Å². The van der Waals surface area contributed by atoms with Crippen molar-refractivity contribution >= 4 is 15.5 Å². The Labute approximate surface area is 178 Å². The number of alkyl halides is 1. The predicted molar refractivity (Wildman–Crippen MR) is 111 cm³/mol. The Hall–Kier alpha value is -2.92. The number of carbonyl (C=O) groups is 1. The van der Waals surface area contributed by atoms with Gasteiger partial charge in [0, 0.05) is 12.7 Å². The maximum absolute atomic E-state index is 15.2. The first-order valence-corrected chi connectivity index (χ1v) is 11.8. The van der Waals surface area contributed by atoms with E-state index in [2.05, 4.69) is 19.8 Å². The van der Waals surface area contributed by atoms with Gasteiger partial charge in [-0.25, -0.2) is 18.3 Å². The summed E-state index contributed by atoms with van der Waals surface area (Å²) in [5.74, 6) is -2.02. The molecule has 8 nitrogen and oxygen atoms in total. The molecule has 0 saturated heterocycles. The van der Waals surface area contributed by atoms with Gasteiger partial charge >= 0.3 is 5.97 Å². The van der Waals surface area contributed by atoms with Crippen molar-refractivity contribution < 1.29 is 27.1 Å². The molecule has 1 aliphatic carbocycles. The van der Waals surface area contributed by atoms with Gasteiger partial charge in [-0.3, -0.25) is 9.27 Å². The molecule has 0 spiro atoms. The minimum atomic E-state index is -4.83. The second-order valence-electron chi connectivity index (χ2n) is 7.64. The minimum Gasteiger partial charge on any atom is -0.466 e. The van der Waals surface area contributed by atoms with Gasteiger partial charge in [-0.2, -0.15) is 4.21 Å². The molecule has 1 aromatic heterocycles. The number of esters is 1. The van der Waals surface area contributed by atoms with Crippen LogP contribution in [0.1, 0.15) is 26.0 Å². The van der Waals surface area contributed by atoms with Crippen molar-refractivity contribution in [1.29, 1.82) is 0 Å². The highest BCUT2D eigenvalue weighted by Crippen LogP contribution is 2.39. The monoisotopic (exact) mass is 454 g/mol. The van der Waals surface area contributed by atoms with Crippen LogP contribution in [0.3, 0.4) is 0 Å². The lowest BCUT2D eigenvalue weighted by Gasteiger charge is -2.44. The molecule has 0 radical (unpaired) electrons. The number of hydrogen-bond donors (Lipinski definition) is 2. The molecular weight excluding hydrogens is 430 g/mol. The van der Waals surface area contributed by atoms with Crippen LogP contribution in [0.2, 0.25) is 0 Å². The Balaban J connectivity index is 1.93. The highest BCUT2D eigenvalue weighted by molar-refractivity contribution is 8.13. The number of rotatable bonds is 6. The molecular formula is C20H24F2N4O4S. The first-order chi connectivity index (χ1) is 14.3. The second-order valence-corrected chi connectivity index (χ2v) is 10.9. The van der Waals surface area contributed by atoms with Crippen LogP contribution in [0.4, 0.5) is 8.78 Å². The summed E-state index contributed by atoms with van der Waals surface area (Å²) in [7, 11) is -3.77. The molecule has 0 fully saturated rings. The summed E-state index contributed by atoms with van der Waals surface area (Å²) in [6.07, 6.45) is 3.52. The zero-order valence-electron chi connectivity index (χ0n) is 17.6. The summed E-state index contributed by atoms with van der Waals surface area (Å²) >= 11 is 0. The Bertz CT molecular complexity index is 1150. The van der Waals surface area contributed by atoms with E-state index in [-0.39, 0.29) is 4.90 Å². The molecule has 1 aliphatic rings. The van der Waals surface area contributed by atoms with Gasteiger partial charge in [0.15, 0.2) is 5.67 Å². The molecule has 31 heavy (non-hydrogen) atoms. The van der Waals surface area contributed by atoms with Crippen molar-refractivity contribution in [2.45, 2.75) is 37.3 Å². The number of hydrogen-bond acceptors (Lipinski definition) is 5. The molecule has 1 unspecified atom stereocenters. The number of carbonyl (C=O) groups excluding carboxylic acids is 1. The average molecular weight is 454 g/mol. The smallest absolute Gasteiger partial charge is 0.336 e. The van der Waals surface area contributed by atoms with Gasteiger partial charge in [0.25, 0.3) is 0 Å². The van der Waals surface area contributed by atoms with E-state index in [0.29, 0.717) is 18.2 Å². The first-order valence-electron chi connectivity index (χ1n) is 9.42. The summed E-state index contributed by atoms with van der Waals surface area (Å²) < 4.78 is 62.2. The number of aryl methyl sites for hydroxylation is 1. The van der Waals surface area contributed by atoms with Crippen molar-refractivity contribution in [1.82, 2.24) is 19.7 Å². The van der Waals surface area contributed by atoms with Gasteiger partial charge in [-0.15, -0.1) is 14.6 Å². The van der Waals surface area contributed by atoms with E-state index in [9.17, 15) is 17.9 Å². The molecule has 1 atom stereocenters. The third-order valence-corrected chi connectivity index (χ3v) is 7.05. The number of methoxy groups -OCH3 is 1. The maximum atomic E-state index is 15.2. The van der Waals surface area contributed by atoms with Crippen LogP contribution in [0.25, 0.3) is 5.69 Å². The van der Waals surface area contributed by atoms with E-state index in [1.807, 2.05) is 6.92 Å². The SMILES string of the molecule is CCc1cn(-c2ccc(S(C)(=O)(O)NC3=CC(F)=C(C(=O)OC)CC3(C)F)cc2)nn1. The molecule has 0 bridgehead atoms. The molecule has 1 heterocycles. The van der Waals surface area contributed by atoms with Crippen molar-refractivity contribution in [2.75, 3.05) is 13.4 Å². The molecule has 0 aliphatic heterocycles. The number of benzene rings is 1. The second kappa shape index (κ2) is 7.65. The molecule has 168 valence electrons. The van der Waals surface area contributed by atoms with Gasteiger partial charge in [0.1, 0.15) is 5.83 Å². The van der Waals surface area contributed by atoms with Crippen molar-refractivity contribution in [2.24, 2.45) is 0 Å². The van der Waals surface area contributed by atoms with E-state index in [1.54, 1.807) is 18.3 Å². The molecule has 1 aromatic carbocycles. The summed E-state index contributed by atoms with van der Waals surface area (Å²) in [6.45, 7) is 3.03. The predicted octanol–water partition coefficient (Wildman–Crippen LogP) is 3.03. The van der Waals surface area contributed by atoms with Crippen LogP contribution in [-0.2, 0) is 25.5 Å². The van der Waals surface area contributed by atoms with Crippen LogP contribution >= 0.6 is 0 Å². The Kier molecular flexibility index (Phi) is 5.61. The van der Waals surface area contributed by atoms with Crippen LogP contribution < -0.4 is 4.72 Å². The van der Waals surface area contributed by atoms with E-state index in [1.165, 1.54) is 16.8 Å². The fourth-order valence-corrected chi connectivity index (χ4v) is 4.81. The van der Waals surface area contributed by atoms with Crippen LogP contribution in [-0.4, -0.2) is 48.8 Å². The highest BCUT2D eigenvalue weighted by Gasteiger charge is 2.41. The van der Waals surface area contributed by atoms with Gasteiger partial charge in [-0.05, 0) is 43.7 Å². The van der Waals surface area contributed by atoms with Gasteiger partial charge in [-0.1, -0.05) is 12.1 Å². The topological polar surface area (TPSA) is 106 Å². The number of nitrogens with one attached hydrogen (secondary N) is 1. The quantitative estimate of drug-likeness (QED) is 0.650. The van der Waals surface area contributed by atoms with E-state index in [0.717, 1.165) is 26.0 Å². The highest BCUT2D eigenvalue weighted by atomic mass is 32.3. The zero-order valence-corrected chi connectivity index (χ0v) is 18.4. The van der Waals surface area contributed by atoms with Crippen LogP contribution in [0, 0.1) is 0 Å². The zero-order chi connectivity index (χ0) is 23.1.